The van der Waals surface area contributed by atoms with E-state index in [0.29, 0.717) is 0 Å². The zero-order valence-corrected chi connectivity index (χ0v) is 11.2. The molecule has 1 aromatic rings. The van der Waals surface area contributed by atoms with Crippen LogP contribution in [-0.2, 0) is 0 Å². The second-order valence-corrected chi connectivity index (χ2v) is 5.34. The number of rotatable bonds is 4. The first kappa shape index (κ1) is 12.7. The van der Waals surface area contributed by atoms with Gasteiger partial charge in [0.1, 0.15) is 0 Å². The molecule has 2 unspecified atom stereocenters. The Morgan fingerprint density at radius 1 is 1.56 bits per heavy atom. The van der Waals surface area contributed by atoms with Gasteiger partial charge >= 0.3 is 0 Å². The minimum atomic E-state index is 0.164. The van der Waals surface area contributed by atoms with E-state index in [9.17, 15) is 0 Å². The summed E-state index contributed by atoms with van der Waals surface area (Å²) in [6.07, 6.45) is 1.34. The Hall–Kier alpha value is -1.71. The summed E-state index contributed by atoms with van der Waals surface area (Å²) in [6.45, 7) is 5.37. The van der Waals surface area contributed by atoms with Gasteiger partial charge in [0.05, 0.1) is 0 Å². The van der Waals surface area contributed by atoms with Crippen molar-refractivity contribution in [2.45, 2.75) is 20.3 Å². The molecule has 1 aliphatic carbocycles. The minimum absolute atomic E-state index is 0.164. The zero-order valence-electron chi connectivity index (χ0n) is 11.2. The van der Waals surface area contributed by atoms with Crippen molar-refractivity contribution in [3.05, 3.63) is 29.3 Å². The van der Waals surface area contributed by atoms with Crippen LogP contribution in [0.15, 0.2) is 23.4 Å². The molecule has 0 saturated heterocycles. The molecule has 1 fully saturated rings. The average molecular weight is 247 g/mol. The summed E-state index contributed by atoms with van der Waals surface area (Å²) in [4.78, 5) is 2.28. The van der Waals surface area contributed by atoms with Gasteiger partial charge in [0.2, 0.25) is 0 Å². The quantitative estimate of drug-likeness (QED) is 0.371. The Kier molecular flexibility index (Phi) is 3.45. The molecular formula is C14H21N3O. The summed E-state index contributed by atoms with van der Waals surface area (Å²) in [5.41, 5.74) is 8.61. The van der Waals surface area contributed by atoms with Crippen LogP contribution in [0.3, 0.4) is 0 Å². The predicted octanol–water partition coefficient (Wildman–Crippen LogP) is 2.18. The number of aryl methyl sites for hydroxylation is 1. The summed E-state index contributed by atoms with van der Waals surface area (Å²) in [6, 6.07) is 6.01. The van der Waals surface area contributed by atoms with Gasteiger partial charge in [-0.05, 0) is 48.9 Å². The van der Waals surface area contributed by atoms with Gasteiger partial charge in [-0.15, -0.1) is 0 Å². The van der Waals surface area contributed by atoms with Crippen molar-refractivity contribution in [1.82, 2.24) is 0 Å². The number of nitrogens with zero attached hydrogens (tertiary/aromatic N) is 2. The fraction of sp³-hybridized carbons (Fsp3) is 0.500. The van der Waals surface area contributed by atoms with Crippen LogP contribution in [0.25, 0.3) is 0 Å². The van der Waals surface area contributed by atoms with Crippen molar-refractivity contribution in [2.24, 2.45) is 22.7 Å². The van der Waals surface area contributed by atoms with Crippen LogP contribution >= 0.6 is 0 Å². The lowest BCUT2D eigenvalue weighted by Gasteiger charge is -2.20. The van der Waals surface area contributed by atoms with Gasteiger partial charge in [0, 0.05) is 24.8 Å². The molecule has 0 radical (unpaired) electrons. The molecular weight excluding hydrogens is 226 g/mol. The maximum absolute atomic E-state index is 8.70. The normalized spacial score (nSPS) is 22.9. The van der Waals surface area contributed by atoms with E-state index < -0.39 is 0 Å². The molecule has 0 aromatic heterocycles. The van der Waals surface area contributed by atoms with Crippen molar-refractivity contribution in [3.8, 4) is 0 Å². The third-order valence-corrected chi connectivity index (χ3v) is 3.82. The number of hydrogen-bond donors (Lipinski definition) is 2. The molecule has 2 atom stereocenters. The van der Waals surface area contributed by atoms with Crippen LogP contribution in [0.4, 0.5) is 5.69 Å². The number of amidine groups is 1. The molecule has 3 N–H and O–H groups in total. The molecule has 0 spiro atoms. The first-order chi connectivity index (χ1) is 8.52. The van der Waals surface area contributed by atoms with Crippen molar-refractivity contribution < 1.29 is 5.21 Å². The number of anilines is 1. The second kappa shape index (κ2) is 4.88. The standard InChI is InChI=1S/C14H21N3O/c1-9-6-11(9)8-17(3)12-4-5-13(10(2)7-12)14(15)16-18/h4-5,7,9,11,18H,6,8H2,1-3H3,(H2,15,16). The third kappa shape index (κ3) is 2.58. The fourth-order valence-electron chi connectivity index (χ4n) is 2.34. The van der Waals surface area contributed by atoms with Gasteiger partial charge in [-0.25, -0.2) is 0 Å². The van der Waals surface area contributed by atoms with E-state index >= 15 is 0 Å². The highest BCUT2D eigenvalue weighted by molar-refractivity contribution is 5.98. The van der Waals surface area contributed by atoms with Gasteiger partial charge in [0.15, 0.2) is 5.84 Å². The van der Waals surface area contributed by atoms with Crippen LogP contribution in [0, 0.1) is 18.8 Å². The Morgan fingerprint density at radius 3 is 2.72 bits per heavy atom. The van der Waals surface area contributed by atoms with Gasteiger partial charge in [-0.2, -0.15) is 0 Å². The predicted molar refractivity (Wildman–Crippen MR) is 74.2 cm³/mol. The maximum Gasteiger partial charge on any atom is 0.170 e. The molecule has 1 saturated carbocycles. The Labute approximate surface area is 108 Å². The van der Waals surface area contributed by atoms with Crippen LogP contribution in [0.2, 0.25) is 0 Å². The lowest BCUT2D eigenvalue weighted by Crippen LogP contribution is -2.21. The highest BCUT2D eigenvalue weighted by atomic mass is 16.4. The molecule has 2 rings (SSSR count). The second-order valence-electron chi connectivity index (χ2n) is 5.34. The number of benzene rings is 1. The van der Waals surface area contributed by atoms with Crippen LogP contribution in [-0.4, -0.2) is 24.6 Å². The van der Waals surface area contributed by atoms with Crippen LogP contribution in [0.1, 0.15) is 24.5 Å². The molecule has 0 bridgehead atoms. The van der Waals surface area contributed by atoms with Gasteiger partial charge < -0.3 is 15.8 Å². The van der Waals surface area contributed by atoms with E-state index in [1.807, 2.05) is 19.1 Å². The topological polar surface area (TPSA) is 61.8 Å². The summed E-state index contributed by atoms with van der Waals surface area (Å²) in [5.74, 6) is 1.86. The van der Waals surface area contributed by atoms with Crippen LogP contribution < -0.4 is 10.6 Å². The highest BCUT2D eigenvalue weighted by Crippen LogP contribution is 2.38. The SMILES string of the molecule is Cc1cc(N(C)CC2CC2C)ccc1/C(N)=N/O. The van der Waals surface area contributed by atoms with E-state index in [4.69, 9.17) is 10.9 Å². The summed E-state index contributed by atoms with van der Waals surface area (Å²) in [7, 11) is 2.11. The largest absolute Gasteiger partial charge is 0.409 e. The van der Waals surface area contributed by atoms with Gasteiger partial charge in [0.25, 0.3) is 0 Å². The summed E-state index contributed by atoms with van der Waals surface area (Å²) < 4.78 is 0. The lowest BCUT2D eigenvalue weighted by atomic mass is 10.1. The zero-order chi connectivity index (χ0) is 13.3. The molecule has 0 amide bonds. The van der Waals surface area contributed by atoms with Crippen molar-refractivity contribution in [3.63, 3.8) is 0 Å². The Bertz CT molecular complexity index is 470. The summed E-state index contributed by atoms with van der Waals surface area (Å²) >= 11 is 0. The number of oxime groups is 1. The van der Waals surface area contributed by atoms with Crippen molar-refractivity contribution in [2.75, 3.05) is 18.5 Å². The molecule has 4 heteroatoms. The van der Waals surface area contributed by atoms with Crippen molar-refractivity contribution in [1.29, 1.82) is 0 Å². The molecule has 0 heterocycles. The third-order valence-electron chi connectivity index (χ3n) is 3.82. The van der Waals surface area contributed by atoms with Crippen LogP contribution in [0.5, 0.6) is 0 Å². The smallest absolute Gasteiger partial charge is 0.170 e. The molecule has 1 aliphatic rings. The monoisotopic (exact) mass is 247 g/mol. The molecule has 1 aromatic carbocycles. The van der Waals surface area contributed by atoms with E-state index in [-0.39, 0.29) is 5.84 Å². The molecule has 0 aliphatic heterocycles. The molecule has 4 nitrogen and oxygen atoms in total. The van der Waals surface area contributed by atoms with E-state index in [1.54, 1.807) is 0 Å². The van der Waals surface area contributed by atoms with E-state index in [2.05, 4.69) is 30.1 Å². The molecule has 18 heavy (non-hydrogen) atoms. The summed E-state index contributed by atoms with van der Waals surface area (Å²) in [5, 5.41) is 11.7. The maximum atomic E-state index is 8.70. The van der Waals surface area contributed by atoms with Gasteiger partial charge in [-0.1, -0.05) is 12.1 Å². The highest BCUT2D eigenvalue weighted by Gasteiger charge is 2.33. The molecule has 98 valence electrons. The number of nitrogens with two attached hydrogens (primary N) is 1. The van der Waals surface area contributed by atoms with Gasteiger partial charge in [-0.3, -0.25) is 0 Å². The van der Waals surface area contributed by atoms with E-state index in [1.165, 1.54) is 12.1 Å². The Morgan fingerprint density at radius 2 is 2.22 bits per heavy atom. The average Bonchev–Trinajstić information content (AvgIpc) is 3.03. The first-order valence-corrected chi connectivity index (χ1v) is 6.32. The fourth-order valence-corrected chi connectivity index (χ4v) is 2.34. The lowest BCUT2D eigenvalue weighted by molar-refractivity contribution is 0.318. The van der Waals surface area contributed by atoms with E-state index in [0.717, 1.165) is 29.5 Å². The Balaban J connectivity index is 2.12. The van der Waals surface area contributed by atoms with Crippen molar-refractivity contribution >= 4 is 11.5 Å². The first-order valence-electron chi connectivity index (χ1n) is 6.32. The number of hydrogen-bond acceptors (Lipinski definition) is 3. The minimum Gasteiger partial charge on any atom is -0.409 e.